The predicted molar refractivity (Wildman–Crippen MR) is 67.5 cm³/mol. The zero-order valence-corrected chi connectivity index (χ0v) is 11.2. The molecule has 0 aromatic carbocycles. The van der Waals surface area contributed by atoms with Gasteiger partial charge in [-0.3, -0.25) is 9.59 Å². The van der Waals surface area contributed by atoms with Crippen molar-refractivity contribution in [2.75, 3.05) is 26.2 Å². The summed E-state index contributed by atoms with van der Waals surface area (Å²) in [6.07, 6.45) is 2.16. The highest BCUT2D eigenvalue weighted by atomic mass is 16.2. The number of hydrogen-bond donors (Lipinski definition) is 0. The normalized spacial score (nSPS) is 17.0. The summed E-state index contributed by atoms with van der Waals surface area (Å²) in [4.78, 5) is 27.3. The van der Waals surface area contributed by atoms with E-state index in [4.69, 9.17) is 0 Å². The molecule has 0 unspecified atom stereocenters. The number of rotatable bonds is 4. The first-order chi connectivity index (χ1) is 8.08. The van der Waals surface area contributed by atoms with Crippen molar-refractivity contribution in [3.63, 3.8) is 0 Å². The maximum absolute atomic E-state index is 11.9. The molecule has 4 heteroatoms. The molecule has 0 N–H and O–H groups in total. The standard InChI is InChI=1S/C13H24N2O2/c1-4-14(5-2)12(16)10-13(17)15-8-6-11(3)7-9-15/h11H,4-10H2,1-3H3. The molecule has 0 bridgehead atoms. The summed E-state index contributed by atoms with van der Waals surface area (Å²) in [5, 5.41) is 0. The Morgan fingerprint density at radius 3 is 2.18 bits per heavy atom. The zero-order chi connectivity index (χ0) is 12.8. The summed E-state index contributed by atoms with van der Waals surface area (Å²) in [6.45, 7) is 9.07. The van der Waals surface area contributed by atoms with Crippen molar-refractivity contribution in [3.8, 4) is 0 Å². The van der Waals surface area contributed by atoms with Crippen LogP contribution < -0.4 is 0 Å². The van der Waals surface area contributed by atoms with Gasteiger partial charge in [-0.1, -0.05) is 6.92 Å². The second kappa shape index (κ2) is 6.62. The average molecular weight is 240 g/mol. The molecule has 0 aliphatic carbocycles. The van der Waals surface area contributed by atoms with Crippen molar-refractivity contribution in [2.24, 2.45) is 5.92 Å². The molecule has 4 nitrogen and oxygen atoms in total. The molecule has 1 fully saturated rings. The smallest absolute Gasteiger partial charge is 0.232 e. The number of piperidine rings is 1. The van der Waals surface area contributed by atoms with Crippen LogP contribution in [0.15, 0.2) is 0 Å². The lowest BCUT2D eigenvalue weighted by atomic mass is 9.99. The van der Waals surface area contributed by atoms with E-state index < -0.39 is 0 Å². The van der Waals surface area contributed by atoms with Crippen LogP contribution >= 0.6 is 0 Å². The van der Waals surface area contributed by atoms with Gasteiger partial charge in [0.15, 0.2) is 0 Å². The fraction of sp³-hybridized carbons (Fsp3) is 0.846. The Morgan fingerprint density at radius 1 is 1.18 bits per heavy atom. The van der Waals surface area contributed by atoms with Crippen LogP contribution in [0.4, 0.5) is 0 Å². The zero-order valence-electron chi connectivity index (χ0n) is 11.2. The molecule has 0 aromatic heterocycles. The lowest BCUT2D eigenvalue weighted by Gasteiger charge is -2.30. The van der Waals surface area contributed by atoms with E-state index in [1.807, 2.05) is 18.7 Å². The molecular weight excluding hydrogens is 216 g/mol. The molecule has 0 atom stereocenters. The first-order valence-electron chi connectivity index (χ1n) is 6.64. The molecule has 1 rings (SSSR count). The highest BCUT2D eigenvalue weighted by Gasteiger charge is 2.23. The number of hydrogen-bond acceptors (Lipinski definition) is 2. The van der Waals surface area contributed by atoms with E-state index in [2.05, 4.69) is 6.92 Å². The first-order valence-corrected chi connectivity index (χ1v) is 6.64. The molecule has 0 aromatic rings. The van der Waals surface area contributed by atoms with E-state index in [1.54, 1.807) is 4.90 Å². The molecular formula is C13H24N2O2. The van der Waals surface area contributed by atoms with Gasteiger partial charge in [-0.25, -0.2) is 0 Å². The summed E-state index contributed by atoms with van der Waals surface area (Å²) in [5.74, 6) is 0.657. The van der Waals surface area contributed by atoms with Crippen LogP contribution in [0.25, 0.3) is 0 Å². The van der Waals surface area contributed by atoms with Gasteiger partial charge < -0.3 is 9.80 Å². The van der Waals surface area contributed by atoms with Gasteiger partial charge in [0.05, 0.1) is 0 Å². The predicted octanol–water partition coefficient (Wildman–Crippen LogP) is 1.50. The lowest BCUT2D eigenvalue weighted by Crippen LogP contribution is -2.41. The Kier molecular flexibility index (Phi) is 5.45. The van der Waals surface area contributed by atoms with Crippen molar-refractivity contribution in [3.05, 3.63) is 0 Å². The minimum absolute atomic E-state index is 0.00574. The molecule has 1 heterocycles. The van der Waals surface area contributed by atoms with Gasteiger partial charge in [0, 0.05) is 26.2 Å². The second-order valence-electron chi connectivity index (χ2n) is 4.81. The molecule has 1 aliphatic heterocycles. The van der Waals surface area contributed by atoms with Crippen LogP contribution in [0.3, 0.4) is 0 Å². The second-order valence-corrected chi connectivity index (χ2v) is 4.81. The minimum Gasteiger partial charge on any atom is -0.343 e. The Hall–Kier alpha value is -1.06. The molecule has 1 saturated heterocycles. The monoisotopic (exact) mass is 240 g/mol. The summed E-state index contributed by atoms with van der Waals surface area (Å²) in [6, 6.07) is 0. The molecule has 17 heavy (non-hydrogen) atoms. The third-order valence-electron chi connectivity index (χ3n) is 3.55. The molecule has 1 aliphatic rings. The molecule has 98 valence electrons. The average Bonchev–Trinajstić information content (AvgIpc) is 2.31. The van der Waals surface area contributed by atoms with E-state index in [-0.39, 0.29) is 18.2 Å². The molecule has 0 radical (unpaired) electrons. The lowest BCUT2D eigenvalue weighted by molar-refractivity contribution is -0.141. The van der Waals surface area contributed by atoms with Gasteiger partial charge in [-0.05, 0) is 32.6 Å². The summed E-state index contributed by atoms with van der Waals surface area (Å²) >= 11 is 0. The Balaban J connectivity index is 2.41. The van der Waals surface area contributed by atoms with Crippen LogP contribution in [0.2, 0.25) is 0 Å². The summed E-state index contributed by atoms with van der Waals surface area (Å²) in [7, 11) is 0. The highest BCUT2D eigenvalue weighted by molar-refractivity contribution is 5.96. The summed E-state index contributed by atoms with van der Waals surface area (Å²) < 4.78 is 0. The van der Waals surface area contributed by atoms with Crippen LogP contribution in [0.5, 0.6) is 0 Å². The number of carbonyl (C=O) groups excluding carboxylic acids is 2. The fourth-order valence-corrected chi connectivity index (χ4v) is 2.19. The largest absolute Gasteiger partial charge is 0.343 e. The van der Waals surface area contributed by atoms with Gasteiger partial charge in [0.1, 0.15) is 6.42 Å². The number of amides is 2. The number of nitrogens with zero attached hydrogens (tertiary/aromatic N) is 2. The number of likely N-dealkylation sites (tertiary alicyclic amines) is 1. The van der Waals surface area contributed by atoms with Gasteiger partial charge >= 0.3 is 0 Å². The Labute approximate surface area is 104 Å². The first kappa shape index (κ1) is 14.0. The van der Waals surface area contributed by atoms with E-state index in [0.717, 1.165) is 25.9 Å². The van der Waals surface area contributed by atoms with Crippen molar-refractivity contribution in [1.82, 2.24) is 9.80 Å². The van der Waals surface area contributed by atoms with Crippen molar-refractivity contribution >= 4 is 11.8 Å². The maximum atomic E-state index is 11.9. The SMILES string of the molecule is CCN(CC)C(=O)CC(=O)N1CCC(C)CC1. The van der Waals surface area contributed by atoms with E-state index >= 15 is 0 Å². The van der Waals surface area contributed by atoms with Gasteiger partial charge in [0.25, 0.3) is 0 Å². The van der Waals surface area contributed by atoms with E-state index in [1.165, 1.54) is 0 Å². The highest BCUT2D eigenvalue weighted by Crippen LogP contribution is 2.16. The Bertz CT molecular complexity index is 267. The van der Waals surface area contributed by atoms with Crippen molar-refractivity contribution in [2.45, 2.75) is 40.0 Å². The van der Waals surface area contributed by atoms with Crippen LogP contribution in [0, 0.1) is 5.92 Å². The molecule has 0 spiro atoms. The van der Waals surface area contributed by atoms with Crippen LogP contribution in [0.1, 0.15) is 40.0 Å². The topological polar surface area (TPSA) is 40.6 Å². The third-order valence-corrected chi connectivity index (χ3v) is 3.55. The number of carbonyl (C=O) groups is 2. The minimum atomic E-state index is -0.0429. The fourth-order valence-electron chi connectivity index (χ4n) is 2.19. The van der Waals surface area contributed by atoms with Gasteiger partial charge in [0.2, 0.25) is 11.8 Å². The van der Waals surface area contributed by atoms with E-state index in [9.17, 15) is 9.59 Å². The molecule has 2 amide bonds. The maximum Gasteiger partial charge on any atom is 0.232 e. The Morgan fingerprint density at radius 2 is 1.71 bits per heavy atom. The van der Waals surface area contributed by atoms with Crippen molar-refractivity contribution < 1.29 is 9.59 Å². The third kappa shape index (κ3) is 4.02. The quantitative estimate of drug-likeness (QED) is 0.699. The molecule has 0 saturated carbocycles. The van der Waals surface area contributed by atoms with Gasteiger partial charge in [-0.2, -0.15) is 0 Å². The van der Waals surface area contributed by atoms with Crippen LogP contribution in [-0.2, 0) is 9.59 Å². The van der Waals surface area contributed by atoms with Crippen molar-refractivity contribution in [1.29, 1.82) is 0 Å². The summed E-state index contributed by atoms with van der Waals surface area (Å²) in [5.41, 5.74) is 0. The van der Waals surface area contributed by atoms with Crippen LogP contribution in [-0.4, -0.2) is 47.8 Å². The van der Waals surface area contributed by atoms with E-state index in [0.29, 0.717) is 19.0 Å². The van der Waals surface area contributed by atoms with Gasteiger partial charge in [-0.15, -0.1) is 0 Å².